The van der Waals surface area contributed by atoms with E-state index in [4.69, 9.17) is 33.2 Å². The average Bonchev–Trinajstić information content (AvgIpc) is 3.57. The van der Waals surface area contributed by atoms with Crippen LogP contribution in [0.4, 0.5) is 0 Å². The normalized spacial score (nSPS) is 18.7. The number of esters is 2. The zero-order valence-corrected chi connectivity index (χ0v) is 29.3. The fourth-order valence-corrected chi connectivity index (χ4v) is 7.20. The minimum Gasteiger partial charge on any atom is -0.493 e. The average molecular weight is 701 g/mol. The highest BCUT2D eigenvalue weighted by Gasteiger charge is 2.54. The molecule has 7 rings (SSSR count). The third-order valence-corrected chi connectivity index (χ3v) is 9.66. The molecule has 0 aromatic heterocycles. The van der Waals surface area contributed by atoms with Crippen LogP contribution in [-0.4, -0.2) is 39.9 Å². The van der Waals surface area contributed by atoms with Crippen LogP contribution in [0, 0.1) is 11.8 Å². The Balaban J connectivity index is 1.38. The van der Waals surface area contributed by atoms with Gasteiger partial charge in [-0.2, -0.15) is 0 Å². The van der Waals surface area contributed by atoms with Gasteiger partial charge >= 0.3 is 11.9 Å². The zero-order valence-electron chi connectivity index (χ0n) is 29.3. The van der Waals surface area contributed by atoms with Crippen molar-refractivity contribution < 1.29 is 42.7 Å². The lowest BCUT2D eigenvalue weighted by molar-refractivity contribution is -0.153. The van der Waals surface area contributed by atoms with E-state index in [1.54, 1.807) is 21.3 Å². The lowest BCUT2D eigenvalue weighted by Gasteiger charge is -2.39. The van der Waals surface area contributed by atoms with Crippen LogP contribution in [0.25, 0.3) is 0 Å². The molecule has 5 aromatic rings. The summed E-state index contributed by atoms with van der Waals surface area (Å²) in [5, 5.41) is 0. The van der Waals surface area contributed by atoms with Crippen molar-refractivity contribution in [1.82, 2.24) is 0 Å². The molecule has 4 atom stereocenters. The minimum atomic E-state index is -0.803. The van der Waals surface area contributed by atoms with Gasteiger partial charge in [0.15, 0.2) is 23.0 Å². The van der Waals surface area contributed by atoms with E-state index in [2.05, 4.69) is 0 Å². The van der Waals surface area contributed by atoms with Crippen molar-refractivity contribution in [3.8, 4) is 28.7 Å². The molecule has 0 unspecified atom stereocenters. The lowest BCUT2D eigenvalue weighted by atomic mass is 9.66. The number of hydrogen-bond donors (Lipinski definition) is 0. The van der Waals surface area contributed by atoms with Crippen LogP contribution >= 0.6 is 0 Å². The van der Waals surface area contributed by atoms with Gasteiger partial charge in [-0.3, -0.25) is 9.59 Å². The fraction of sp³-hybridized carbons (Fsp3) is 0.256. The van der Waals surface area contributed by atoms with E-state index in [9.17, 15) is 9.59 Å². The molecule has 0 spiro atoms. The Labute approximate surface area is 303 Å². The van der Waals surface area contributed by atoms with Gasteiger partial charge in [-0.25, -0.2) is 0 Å². The smallest absolute Gasteiger partial charge is 0.310 e. The summed E-state index contributed by atoms with van der Waals surface area (Å²) in [6.07, 6.45) is -0.728. The van der Waals surface area contributed by atoms with Gasteiger partial charge in [0, 0.05) is 17.4 Å². The number of benzene rings is 5. The molecule has 1 heterocycles. The number of methoxy groups -OCH3 is 3. The van der Waals surface area contributed by atoms with Gasteiger partial charge in [0.25, 0.3) is 0 Å². The van der Waals surface area contributed by atoms with Gasteiger partial charge in [-0.1, -0.05) is 91.0 Å². The molecule has 9 nitrogen and oxygen atoms in total. The van der Waals surface area contributed by atoms with Crippen molar-refractivity contribution in [2.75, 3.05) is 27.9 Å². The van der Waals surface area contributed by atoms with Crippen LogP contribution in [-0.2, 0) is 38.7 Å². The standard InChI is InChI=1S/C43H40O9/c1-46-36-20-30(21-37(47-2)42(36)48-3)39-31-22-34(49-24-28-15-9-5-10-16-28)35(50-25-29-17-11-6-12-18-29)23-32(31)41(33-26-51-43(45)40(33)39)52-38(44)19-27-13-7-4-8-14-27/h4-18,20-23,33,39-41H,19,24-26H2,1-3H3/t33-,39+,40-,41+/m0/s1. The predicted octanol–water partition coefficient (Wildman–Crippen LogP) is 7.63. The highest BCUT2D eigenvalue weighted by molar-refractivity contribution is 5.80. The van der Waals surface area contributed by atoms with Crippen molar-refractivity contribution in [1.29, 1.82) is 0 Å². The van der Waals surface area contributed by atoms with E-state index in [0.29, 0.717) is 34.3 Å². The number of rotatable bonds is 13. The molecular formula is C43H40O9. The molecule has 266 valence electrons. The van der Waals surface area contributed by atoms with Crippen molar-refractivity contribution in [2.45, 2.75) is 31.7 Å². The quantitative estimate of drug-likeness (QED) is 0.115. The molecule has 0 amide bonds. The Kier molecular flexibility index (Phi) is 10.3. The highest BCUT2D eigenvalue weighted by Crippen LogP contribution is 2.56. The first-order valence-electron chi connectivity index (χ1n) is 17.2. The van der Waals surface area contributed by atoms with E-state index in [-0.39, 0.29) is 32.2 Å². The Morgan fingerprint density at radius 2 is 1.17 bits per heavy atom. The van der Waals surface area contributed by atoms with Crippen LogP contribution in [0.5, 0.6) is 28.7 Å². The van der Waals surface area contributed by atoms with Crippen LogP contribution in [0.2, 0.25) is 0 Å². The van der Waals surface area contributed by atoms with Crippen LogP contribution in [0.3, 0.4) is 0 Å². The first-order chi connectivity index (χ1) is 25.5. The van der Waals surface area contributed by atoms with Crippen LogP contribution in [0.15, 0.2) is 115 Å². The number of carbonyl (C=O) groups is 2. The lowest BCUT2D eigenvalue weighted by Crippen LogP contribution is -2.37. The van der Waals surface area contributed by atoms with Crippen LogP contribution in [0.1, 0.15) is 45.4 Å². The Hall–Kier alpha value is -5.96. The molecule has 0 saturated carbocycles. The molecule has 1 fully saturated rings. The summed E-state index contributed by atoms with van der Waals surface area (Å²) in [7, 11) is 4.65. The maximum Gasteiger partial charge on any atom is 0.310 e. The molecule has 0 N–H and O–H groups in total. The molecule has 52 heavy (non-hydrogen) atoms. The Morgan fingerprint density at radius 3 is 1.69 bits per heavy atom. The number of ether oxygens (including phenoxy) is 7. The van der Waals surface area contributed by atoms with E-state index in [1.807, 2.05) is 115 Å². The molecule has 1 saturated heterocycles. The SMILES string of the molecule is COc1cc([C@@H]2c3cc(OCc4ccccc4)c(OCc4ccccc4)cc3[C@@H](OC(=O)Cc3ccccc3)[C@H]3COC(=O)[C@H]23)cc(OC)c1OC. The maximum absolute atomic E-state index is 13.8. The molecule has 1 aliphatic heterocycles. The number of hydrogen-bond acceptors (Lipinski definition) is 9. The van der Waals surface area contributed by atoms with Gasteiger partial charge in [0.2, 0.25) is 5.75 Å². The predicted molar refractivity (Wildman–Crippen MR) is 193 cm³/mol. The number of carbonyl (C=O) groups excluding carboxylic acids is 2. The van der Waals surface area contributed by atoms with Crippen LogP contribution < -0.4 is 23.7 Å². The maximum atomic E-state index is 13.8. The Bertz CT molecular complexity index is 1990. The molecule has 0 radical (unpaired) electrons. The van der Waals surface area contributed by atoms with E-state index in [1.165, 1.54) is 0 Å². The first kappa shape index (κ1) is 34.5. The Morgan fingerprint density at radius 1 is 0.654 bits per heavy atom. The summed E-state index contributed by atoms with van der Waals surface area (Å²) >= 11 is 0. The first-order valence-corrected chi connectivity index (χ1v) is 17.2. The minimum absolute atomic E-state index is 0.0742. The summed E-state index contributed by atoms with van der Waals surface area (Å²) < 4.78 is 42.2. The summed E-state index contributed by atoms with van der Waals surface area (Å²) in [6.45, 7) is 0.642. The van der Waals surface area contributed by atoms with Gasteiger partial charge in [0.05, 0.1) is 40.3 Å². The van der Waals surface area contributed by atoms with Gasteiger partial charge in [-0.15, -0.1) is 0 Å². The summed E-state index contributed by atoms with van der Waals surface area (Å²) in [6, 6.07) is 36.6. The van der Waals surface area contributed by atoms with E-state index >= 15 is 0 Å². The van der Waals surface area contributed by atoms with Crippen molar-refractivity contribution in [2.24, 2.45) is 11.8 Å². The molecule has 1 aliphatic carbocycles. The van der Waals surface area contributed by atoms with Crippen molar-refractivity contribution >= 4 is 11.9 Å². The zero-order chi connectivity index (χ0) is 36.0. The second kappa shape index (κ2) is 15.5. The second-order valence-corrected chi connectivity index (χ2v) is 12.8. The summed E-state index contributed by atoms with van der Waals surface area (Å²) in [4.78, 5) is 27.4. The van der Waals surface area contributed by atoms with E-state index in [0.717, 1.165) is 27.8 Å². The molecule has 0 bridgehead atoms. The fourth-order valence-electron chi connectivity index (χ4n) is 7.20. The van der Waals surface area contributed by atoms with Crippen molar-refractivity contribution in [3.05, 3.63) is 149 Å². The molecule has 5 aromatic carbocycles. The van der Waals surface area contributed by atoms with E-state index < -0.39 is 29.8 Å². The summed E-state index contributed by atoms with van der Waals surface area (Å²) in [5.74, 6) is -0.232. The summed E-state index contributed by atoms with van der Waals surface area (Å²) in [5.41, 5.74) is 4.96. The van der Waals surface area contributed by atoms with Gasteiger partial charge in [-0.05, 0) is 52.1 Å². The third-order valence-electron chi connectivity index (χ3n) is 9.66. The van der Waals surface area contributed by atoms with Gasteiger partial charge < -0.3 is 33.2 Å². The molecule has 2 aliphatic rings. The third kappa shape index (κ3) is 7.12. The molecule has 9 heteroatoms. The number of fused-ring (bicyclic) bond motifs is 2. The number of cyclic esters (lactones) is 1. The van der Waals surface area contributed by atoms with Gasteiger partial charge in [0.1, 0.15) is 19.3 Å². The topological polar surface area (TPSA) is 98.8 Å². The second-order valence-electron chi connectivity index (χ2n) is 12.8. The highest BCUT2D eigenvalue weighted by atomic mass is 16.6. The largest absolute Gasteiger partial charge is 0.493 e. The molecular weight excluding hydrogens is 660 g/mol. The monoisotopic (exact) mass is 700 g/mol. The van der Waals surface area contributed by atoms with Crippen molar-refractivity contribution in [3.63, 3.8) is 0 Å².